The maximum absolute atomic E-state index is 11.8. The van der Waals surface area contributed by atoms with E-state index in [2.05, 4.69) is 15.5 Å². The number of tetrazole rings is 1. The first kappa shape index (κ1) is 15.9. The maximum atomic E-state index is 11.8. The summed E-state index contributed by atoms with van der Waals surface area (Å²) in [5.41, 5.74) is 1.61. The van der Waals surface area contributed by atoms with Crippen molar-refractivity contribution in [2.75, 3.05) is 0 Å². The van der Waals surface area contributed by atoms with Gasteiger partial charge in [0.05, 0.1) is 5.69 Å². The molecule has 0 radical (unpaired) electrons. The smallest absolute Gasteiger partial charge is 0.331 e. The Kier molecular flexibility index (Phi) is 4.98. The largest absolute Gasteiger partial charge is 0.454 e. The summed E-state index contributed by atoms with van der Waals surface area (Å²) in [6.07, 6.45) is 2.97. The van der Waals surface area contributed by atoms with Gasteiger partial charge in [0.15, 0.2) is 12.4 Å². The summed E-state index contributed by atoms with van der Waals surface area (Å²) in [6.45, 7) is -0.0272. The lowest BCUT2D eigenvalue weighted by atomic mass is 10.2. The first-order valence-corrected chi connectivity index (χ1v) is 7.53. The van der Waals surface area contributed by atoms with E-state index in [0.29, 0.717) is 10.8 Å². The van der Waals surface area contributed by atoms with E-state index in [-0.39, 0.29) is 6.61 Å². The zero-order valence-electron chi connectivity index (χ0n) is 12.5. The predicted molar refractivity (Wildman–Crippen MR) is 89.4 cm³/mol. The van der Waals surface area contributed by atoms with Gasteiger partial charge in [0, 0.05) is 11.1 Å². The molecule has 0 bridgehead atoms. The molecule has 0 fully saturated rings. The third-order valence-electron chi connectivity index (χ3n) is 3.14. The monoisotopic (exact) mass is 340 g/mol. The Morgan fingerprint density at radius 1 is 1.17 bits per heavy atom. The van der Waals surface area contributed by atoms with Gasteiger partial charge in [-0.3, -0.25) is 0 Å². The standard InChI is InChI=1S/C17H13ClN4O2/c18-14-6-4-5-13(11-14)9-10-17(23)24-12-16-19-20-21-22(16)15-7-2-1-3-8-15/h1-11H,12H2. The van der Waals surface area contributed by atoms with Gasteiger partial charge >= 0.3 is 5.97 Å². The minimum Gasteiger partial charge on any atom is -0.454 e. The number of para-hydroxylation sites is 1. The molecule has 0 atom stereocenters. The molecule has 0 spiro atoms. The zero-order chi connectivity index (χ0) is 16.8. The van der Waals surface area contributed by atoms with Crippen molar-refractivity contribution in [2.45, 2.75) is 6.61 Å². The number of ether oxygens (including phenoxy) is 1. The minimum absolute atomic E-state index is 0.0272. The number of hydrogen-bond donors (Lipinski definition) is 0. The summed E-state index contributed by atoms with van der Waals surface area (Å²) >= 11 is 5.89. The maximum Gasteiger partial charge on any atom is 0.331 e. The lowest BCUT2D eigenvalue weighted by Crippen LogP contribution is -2.08. The third kappa shape index (κ3) is 4.05. The molecule has 0 saturated carbocycles. The average Bonchev–Trinajstić information content (AvgIpc) is 3.07. The molecule has 0 amide bonds. The Balaban J connectivity index is 1.62. The van der Waals surface area contributed by atoms with Crippen LogP contribution in [0.15, 0.2) is 60.7 Å². The molecule has 0 saturated heterocycles. The highest BCUT2D eigenvalue weighted by atomic mass is 35.5. The van der Waals surface area contributed by atoms with Gasteiger partial charge in [0.25, 0.3) is 0 Å². The second-order valence-electron chi connectivity index (χ2n) is 4.84. The SMILES string of the molecule is O=C(C=Cc1cccc(Cl)c1)OCc1nnnn1-c1ccccc1. The molecule has 1 aromatic heterocycles. The molecule has 3 aromatic rings. The molecule has 0 aliphatic heterocycles. The van der Waals surface area contributed by atoms with Gasteiger partial charge in [-0.05, 0) is 46.3 Å². The molecule has 120 valence electrons. The summed E-state index contributed by atoms with van der Waals surface area (Å²) in [5.74, 6) is -0.0525. The fourth-order valence-corrected chi connectivity index (χ4v) is 2.22. The van der Waals surface area contributed by atoms with Crippen LogP contribution in [-0.4, -0.2) is 26.2 Å². The predicted octanol–water partition coefficient (Wildman–Crippen LogP) is 3.07. The van der Waals surface area contributed by atoms with Crippen molar-refractivity contribution < 1.29 is 9.53 Å². The van der Waals surface area contributed by atoms with E-state index in [1.165, 1.54) is 10.8 Å². The zero-order valence-corrected chi connectivity index (χ0v) is 13.3. The van der Waals surface area contributed by atoms with Crippen LogP contribution in [0.4, 0.5) is 0 Å². The Morgan fingerprint density at radius 2 is 2.00 bits per heavy atom. The Morgan fingerprint density at radius 3 is 2.79 bits per heavy atom. The molecule has 3 rings (SSSR count). The number of benzene rings is 2. The number of rotatable bonds is 5. The molecule has 2 aromatic carbocycles. The van der Waals surface area contributed by atoms with Crippen LogP contribution in [-0.2, 0) is 16.1 Å². The van der Waals surface area contributed by atoms with Crippen LogP contribution in [0.5, 0.6) is 0 Å². The van der Waals surface area contributed by atoms with Gasteiger partial charge in [-0.15, -0.1) is 5.10 Å². The summed E-state index contributed by atoms with van der Waals surface area (Å²) < 4.78 is 6.70. The molecule has 0 aliphatic carbocycles. The third-order valence-corrected chi connectivity index (χ3v) is 3.37. The van der Waals surface area contributed by atoms with Gasteiger partial charge in [0.2, 0.25) is 0 Å². The van der Waals surface area contributed by atoms with Crippen molar-refractivity contribution in [3.05, 3.63) is 77.1 Å². The van der Waals surface area contributed by atoms with E-state index in [9.17, 15) is 4.79 Å². The Labute approximate surface area is 143 Å². The molecule has 24 heavy (non-hydrogen) atoms. The van der Waals surface area contributed by atoms with Crippen LogP contribution >= 0.6 is 11.6 Å². The molecular weight excluding hydrogens is 328 g/mol. The lowest BCUT2D eigenvalue weighted by Gasteiger charge is -2.04. The molecular formula is C17H13ClN4O2. The molecule has 1 heterocycles. The molecule has 0 aliphatic rings. The van der Waals surface area contributed by atoms with Crippen molar-refractivity contribution in [1.29, 1.82) is 0 Å². The van der Waals surface area contributed by atoms with Crippen molar-refractivity contribution in [3.8, 4) is 5.69 Å². The van der Waals surface area contributed by atoms with E-state index >= 15 is 0 Å². The minimum atomic E-state index is -0.488. The number of halogens is 1. The van der Waals surface area contributed by atoms with Gasteiger partial charge in [-0.1, -0.05) is 41.9 Å². The first-order valence-electron chi connectivity index (χ1n) is 7.15. The van der Waals surface area contributed by atoms with E-state index in [1.54, 1.807) is 24.3 Å². The van der Waals surface area contributed by atoms with Gasteiger partial charge in [-0.2, -0.15) is 4.68 Å². The van der Waals surface area contributed by atoms with Crippen LogP contribution in [0.2, 0.25) is 5.02 Å². The van der Waals surface area contributed by atoms with Crippen molar-refractivity contribution in [2.24, 2.45) is 0 Å². The summed E-state index contributed by atoms with van der Waals surface area (Å²) in [7, 11) is 0. The Hall–Kier alpha value is -2.99. The highest BCUT2D eigenvalue weighted by Crippen LogP contribution is 2.12. The highest BCUT2D eigenvalue weighted by Gasteiger charge is 2.09. The second-order valence-corrected chi connectivity index (χ2v) is 5.27. The number of carbonyl (C=O) groups excluding carboxylic acids is 1. The van der Waals surface area contributed by atoms with Crippen molar-refractivity contribution in [1.82, 2.24) is 20.2 Å². The average molecular weight is 341 g/mol. The first-order chi connectivity index (χ1) is 11.7. The summed E-state index contributed by atoms with van der Waals surface area (Å²) in [5, 5.41) is 12.0. The number of hydrogen-bond acceptors (Lipinski definition) is 5. The second kappa shape index (κ2) is 7.52. The number of nitrogens with zero attached hydrogens (tertiary/aromatic N) is 4. The highest BCUT2D eigenvalue weighted by molar-refractivity contribution is 6.30. The van der Waals surface area contributed by atoms with Crippen LogP contribution < -0.4 is 0 Å². The fourth-order valence-electron chi connectivity index (χ4n) is 2.02. The lowest BCUT2D eigenvalue weighted by molar-refractivity contribution is -0.139. The van der Waals surface area contributed by atoms with Crippen molar-refractivity contribution >= 4 is 23.6 Å². The molecule has 0 unspecified atom stereocenters. The van der Waals surface area contributed by atoms with Crippen LogP contribution in [0.3, 0.4) is 0 Å². The summed E-state index contributed by atoms with van der Waals surface area (Å²) in [6, 6.07) is 16.5. The molecule has 6 nitrogen and oxygen atoms in total. The van der Waals surface area contributed by atoms with Gasteiger partial charge in [0.1, 0.15) is 0 Å². The van der Waals surface area contributed by atoms with Gasteiger partial charge in [-0.25, -0.2) is 4.79 Å². The Bertz CT molecular complexity index is 862. The number of carbonyl (C=O) groups is 1. The van der Waals surface area contributed by atoms with Crippen molar-refractivity contribution in [3.63, 3.8) is 0 Å². The normalized spacial score (nSPS) is 10.9. The van der Waals surface area contributed by atoms with Crippen LogP contribution in [0.25, 0.3) is 11.8 Å². The quantitative estimate of drug-likeness (QED) is 0.527. The van der Waals surface area contributed by atoms with Crippen LogP contribution in [0, 0.1) is 0 Å². The topological polar surface area (TPSA) is 69.9 Å². The van der Waals surface area contributed by atoms with E-state index in [0.717, 1.165) is 11.3 Å². The van der Waals surface area contributed by atoms with E-state index < -0.39 is 5.97 Å². The summed E-state index contributed by atoms with van der Waals surface area (Å²) in [4.78, 5) is 11.8. The molecule has 0 N–H and O–H groups in total. The number of aromatic nitrogens is 4. The number of esters is 1. The van der Waals surface area contributed by atoms with E-state index in [1.807, 2.05) is 36.4 Å². The molecule has 7 heteroatoms. The van der Waals surface area contributed by atoms with E-state index in [4.69, 9.17) is 16.3 Å². The van der Waals surface area contributed by atoms with Crippen LogP contribution in [0.1, 0.15) is 11.4 Å². The van der Waals surface area contributed by atoms with Gasteiger partial charge < -0.3 is 4.74 Å². The fraction of sp³-hybridized carbons (Fsp3) is 0.0588.